The SMILES string of the molecule is Cc1ccc2c(c1)Sc1cc(C)ccc1C2NC(=O)C1C=CC(C(F)(F)F)=NC1=O. The number of amides is 2. The molecule has 1 unspecified atom stereocenters. The van der Waals surface area contributed by atoms with E-state index in [0.29, 0.717) is 6.08 Å². The molecule has 2 aromatic rings. The van der Waals surface area contributed by atoms with Gasteiger partial charge in [-0.2, -0.15) is 13.2 Å². The first-order valence-corrected chi connectivity index (χ1v) is 10.0. The number of alkyl halides is 3. The minimum absolute atomic E-state index is 0.515. The zero-order chi connectivity index (χ0) is 21.6. The predicted molar refractivity (Wildman–Crippen MR) is 108 cm³/mol. The molecule has 0 saturated carbocycles. The van der Waals surface area contributed by atoms with Gasteiger partial charge in [0.15, 0.2) is 0 Å². The number of carbonyl (C=O) groups excluding carboxylic acids is 2. The highest BCUT2D eigenvalue weighted by Gasteiger charge is 2.39. The number of hydrogen-bond acceptors (Lipinski definition) is 3. The first kappa shape index (κ1) is 20.4. The Morgan fingerprint density at radius 2 is 1.60 bits per heavy atom. The molecule has 2 amide bonds. The molecule has 2 heterocycles. The van der Waals surface area contributed by atoms with Gasteiger partial charge in [-0.15, -0.1) is 0 Å². The summed E-state index contributed by atoms with van der Waals surface area (Å²) in [5, 5.41) is 2.85. The van der Waals surface area contributed by atoms with Crippen molar-refractivity contribution in [3.05, 3.63) is 70.8 Å². The summed E-state index contributed by atoms with van der Waals surface area (Å²) in [6, 6.07) is 11.2. The maximum atomic E-state index is 12.8. The first-order valence-electron chi connectivity index (χ1n) is 9.21. The second kappa shape index (κ2) is 7.43. The standard InChI is InChI=1S/C22H17F3N2O2S/c1-11-3-5-13-16(9-11)30-17-10-12(2)4-6-14(17)19(13)27-21(29)15-7-8-18(22(23,24)25)26-20(15)28/h3-10,15,19H,1-2H3,(H,27,29). The number of nitrogens with zero attached hydrogens (tertiary/aromatic N) is 1. The third-order valence-corrected chi connectivity index (χ3v) is 6.13. The van der Waals surface area contributed by atoms with Crippen molar-refractivity contribution < 1.29 is 22.8 Å². The molecule has 0 fully saturated rings. The minimum atomic E-state index is -4.73. The number of aliphatic imine (C=N–C) groups is 1. The monoisotopic (exact) mass is 430 g/mol. The Bertz CT molecular complexity index is 1070. The molecule has 0 aromatic heterocycles. The lowest BCUT2D eigenvalue weighted by Crippen LogP contribution is -2.39. The summed E-state index contributed by atoms with van der Waals surface area (Å²) in [6.45, 7) is 3.95. The zero-order valence-corrected chi connectivity index (χ0v) is 16.9. The fourth-order valence-corrected chi connectivity index (χ4v) is 4.80. The van der Waals surface area contributed by atoms with E-state index in [1.165, 1.54) is 0 Å². The van der Waals surface area contributed by atoms with E-state index in [1.54, 1.807) is 11.8 Å². The molecule has 0 bridgehead atoms. The molecule has 0 spiro atoms. The van der Waals surface area contributed by atoms with Gasteiger partial charge in [-0.3, -0.25) is 9.59 Å². The van der Waals surface area contributed by atoms with Crippen LogP contribution in [0.1, 0.15) is 28.3 Å². The number of hydrogen-bond donors (Lipinski definition) is 1. The summed E-state index contributed by atoms with van der Waals surface area (Å²) in [6.07, 6.45) is -3.10. The van der Waals surface area contributed by atoms with Crippen LogP contribution in [0.25, 0.3) is 0 Å². The van der Waals surface area contributed by atoms with Crippen LogP contribution in [0, 0.1) is 19.8 Å². The lowest BCUT2D eigenvalue weighted by Gasteiger charge is -2.30. The molecule has 30 heavy (non-hydrogen) atoms. The number of aryl methyl sites for hydroxylation is 2. The van der Waals surface area contributed by atoms with Crippen molar-refractivity contribution in [1.82, 2.24) is 5.32 Å². The zero-order valence-electron chi connectivity index (χ0n) is 16.1. The third-order valence-electron chi connectivity index (χ3n) is 4.98. The van der Waals surface area contributed by atoms with Crippen molar-refractivity contribution in [2.45, 2.75) is 35.9 Å². The number of nitrogens with one attached hydrogen (secondary N) is 1. The number of halogens is 3. The molecule has 2 aromatic carbocycles. The van der Waals surface area contributed by atoms with Crippen molar-refractivity contribution in [1.29, 1.82) is 0 Å². The van der Waals surface area contributed by atoms with Gasteiger partial charge in [-0.25, -0.2) is 4.99 Å². The van der Waals surface area contributed by atoms with Gasteiger partial charge in [-0.1, -0.05) is 42.1 Å². The summed E-state index contributed by atoms with van der Waals surface area (Å²) < 4.78 is 38.3. The molecule has 4 rings (SSSR count). The minimum Gasteiger partial charge on any atom is -0.344 e. The van der Waals surface area contributed by atoms with Gasteiger partial charge in [0.1, 0.15) is 11.6 Å². The topological polar surface area (TPSA) is 58.5 Å². The maximum Gasteiger partial charge on any atom is 0.433 e. The number of carbonyl (C=O) groups is 2. The molecule has 8 heteroatoms. The van der Waals surface area contributed by atoms with Crippen LogP contribution in [0.15, 0.2) is 63.3 Å². The van der Waals surface area contributed by atoms with Crippen LogP contribution in [-0.2, 0) is 9.59 Å². The van der Waals surface area contributed by atoms with Crippen LogP contribution in [0.5, 0.6) is 0 Å². The van der Waals surface area contributed by atoms with Gasteiger partial charge in [0.05, 0.1) is 6.04 Å². The molecule has 1 atom stereocenters. The fourth-order valence-electron chi connectivity index (χ4n) is 3.46. The molecule has 2 aliphatic rings. The largest absolute Gasteiger partial charge is 0.433 e. The molecular weight excluding hydrogens is 413 g/mol. The fraction of sp³-hybridized carbons (Fsp3) is 0.227. The normalized spacial score (nSPS) is 18.5. The van der Waals surface area contributed by atoms with Crippen molar-refractivity contribution in [3.8, 4) is 0 Å². The van der Waals surface area contributed by atoms with E-state index in [-0.39, 0.29) is 0 Å². The molecule has 0 radical (unpaired) electrons. The van der Waals surface area contributed by atoms with Gasteiger partial charge in [0, 0.05) is 9.79 Å². The average molecular weight is 430 g/mol. The first-order chi connectivity index (χ1) is 14.1. The molecule has 4 nitrogen and oxygen atoms in total. The van der Waals surface area contributed by atoms with Gasteiger partial charge >= 0.3 is 6.18 Å². The summed E-state index contributed by atoms with van der Waals surface area (Å²) in [5.74, 6) is -3.20. The van der Waals surface area contributed by atoms with E-state index in [2.05, 4.69) is 10.3 Å². The predicted octanol–water partition coefficient (Wildman–Crippen LogP) is 4.69. The van der Waals surface area contributed by atoms with Crippen LogP contribution >= 0.6 is 11.8 Å². The number of dihydropyridines is 1. The lowest BCUT2D eigenvalue weighted by molar-refractivity contribution is -0.132. The van der Waals surface area contributed by atoms with E-state index < -0.39 is 35.7 Å². The number of benzene rings is 2. The van der Waals surface area contributed by atoms with E-state index in [9.17, 15) is 22.8 Å². The number of rotatable bonds is 2. The Balaban J connectivity index is 1.65. The second-order valence-electron chi connectivity index (χ2n) is 7.30. The van der Waals surface area contributed by atoms with Crippen molar-refractivity contribution >= 4 is 29.3 Å². The molecular formula is C22H17F3N2O2S. The summed E-state index contributed by atoms with van der Waals surface area (Å²) in [5.41, 5.74) is 2.60. The van der Waals surface area contributed by atoms with Gasteiger partial charge in [-0.05, 0) is 54.3 Å². The van der Waals surface area contributed by atoms with E-state index >= 15 is 0 Å². The molecule has 2 aliphatic heterocycles. The van der Waals surface area contributed by atoms with E-state index in [0.717, 1.165) is 38.1 Å². The van der Waals surface area contributed by atoms with Gasteiger partial charge < -0.3 is 5.32 Å². The third kappa shape index (κ3) is 3.79. The Kier molecular flexibility index (Phi) is 5.05. The van der Waals surface area contributed by atoms with Crippen LogP contribution in [0.2, 0.25) is 0 Å². The van der Waals surface area contributed by atoms with Gasteiger partial charge in [0.2, 0.25) is 5.91 Å². The highest BCUT2D eigenvalue weighted by molar-refractivity contribution is 7.99. The number of fused-ring (bicyclic) bond motifs is 2. The van der Waals surface area contributed by atoms with Crippen molar-refractivity contribution in [2.75, 3.05) is 0 Å². The average Bonchev–Trinajstić information content (AvgIpc) is 2.66. The summed E-state index contributed by atoms with van der Waals surface area (Å²) >= 11 is 1.60. The van der Waals surface area contributed by atoms with Crippen molar-refractivity contribution in [2.24, 2.45) is 10.9 Å². The van der Waals surface area contributed by atoms with Crippen molar-refractivity contribution in [3.63, 3.8) is 0 Å². The Morgan fingerprint density at radius 1 is 1.03 bits per heavy atom. The smallest absolute Gasteiger partial charge is 0.344 e. The van der Waals surface area contributed by atoms with Crippen LogP contribution in [0.4, 0.5) is 13.2 Å². The summed E-state index contributed by atoms with van der Waals surface area (Å²) in [7, 11) is 0. The summed E-state index contributed by atoms with van der Waals surface area (Å²) in [4.78, 5) is 30.0. The second-order valence-corrected chi connectivity index (χ2v) is 8.38. The maximum absolute atomic E-state index is 12.8. The molecule has 1 N–H and O–H groups in total. The van der Waals surface area contributed by atoms with Gasteiger partial charge in [0.25, 0.3) is 5.91 Å². The molecule has 0 aliphatic carbocycles. The Hall–Kier alpha value is -2.87. The van der Waals surface area contributed by atoms with Crippen LogP contribution in [0.3, 0.4) is 0 Å². The number of allylic oxidation sites excluding steroid dienone is 1. The van der Waals surface area contributed by atoms with Crippen LogP contribution in [-0.4, -0.2) is 23.7 Å². The highest BCUT2D eigenvalue weighted by atomic mass is 32.2. The van der Waals surface area contributed by atoms with Crippen LogP contribution < -0.4 is 5.32 Å². The quantitative estimate of drug-likeness (QED) is 0.704. The van der Waals surface area contributed by atoms with E-state index in [1.807, 2.05) is 50.2 Å². The molecule has 0 saturated heterocycles. The Morgan fingerprint density at radius 3 is 2.10 bits per heavy atom. The van der Waals surface area contributed by atoms with E-state index in [4.69, 9.17) is 0 Å². The lowest BCUT2D eigenvalue weighted by atomic mass is 9.94. The Labute approximate surface area is 175 Å². The molecule has 154 valence electrons. The highest BCUT2D eigenvalue weighted by Crippen LogP contribution is 2.45.